The van der Waals surface area contributed by atoms with Crippen LogP contribution in [0, 0.1) is 0 Å². The van der Waals surface area contributed by atoms with E-state index in [0.717, 1.165) is 9.61 Å². The molecule has 0 amide bonds. The first-order valence-corrected chi connectivity index (χ1v) is 4.83. The molecule has 0 saturated carbocycles. The van der Waals surface area contributed by atoms with Crippen molar-refractivity contribution in [3.8, 4) is 11.5 Å². The molecule has 2 aromatic heterocycles. The van der Waals surface area contributed by atoms with E-state index in [4.69, 9.17) is 0 Å². The van der Waals surface area contributed by atoms with Gasteiger partial charge in [0.05, 0.1) is 0 Å². The molecule has 0 radical (unpaired) electrons. The highest BCUT2D eigenvalue weighted by Crippen LogP contribution is 2.18. The van der Waals surface area contributed by atoms with E-state index in [0.29, 0.717) is 5.82 Å². The smallest absolute Gasteiger partial charge is 0.192 e. The van der Waals surface area contributed by atoms with Gasteiger partial charge in [0.2, 0.25) is 0 Å². The maximum Gasteiger partial charge on any atom is 0.192 e. The zero-order chi connectivity index (χ0) is 8.39. The van der Waals surface area contributed by atoms with Crippen LogP contribution in [0.4, 0.5) is 0 Å². The van der Waals surface area contributed by atoms with Crippen LogP contribution in [-0.2, 0) is 0 Å². The average molecular weight is 242 g/mol. The quantitative estimate of drug-likeness (QED) is 0.770. The van der Waals surface area contributed by atoms with E-state index in [2.05, 4.69) is 30.3 Å². The van der Waals surface area contributed by atoms with Crippen molar-refractivity contribution >= 4 is 27.5 Å². The highest BCUT2D eigenvalue weighted by molar-refractivity contribution is 9.11. The van der Waals surface area contributed by atoms with E-state index in [1.54, 1.807) is 6.20 Å². The Bertz CT molecular complexity index is 373. The maximum atomic E-state index is 4.14. The normalized spacial score (nSPS) is 10.1. The molecule has 2 rings (SSSR count). The van der Waals surface area contributed by atoms with Crippen LogP contribution in [0.15, 0.2) is 28.3 Å². The topological polar surface area (TPSA) is 38.7 Å². The molecule has 5 heteroatoms. The van der Waals surface area contributed by atoms with E-state index in [-0.39, 0.29) is 0 Å². The molecule has 2 heterocycles. The van der Waals surface area contributed by atoms with Crippen LogP contribution in [0.5, 0.6) is 0 Å². The second kappa shape index (κ2) is 3.28. The number of nitrogens with zero attached hydrogens (tertiary/aromatic N) is 3. The van der Waals surface area contributed by atoms with Gasteiger partial charge in [-0.25, -0.2) is 4.98 Å². The molecule has 0 unspecified atom stereocenters. The van der Waals surface area contributed by atoms with E-state index in [1.165, 1.54) is 11.5 Å². The first kappa shape index (κ1) is 7.82. The third-order valence-corrected chi connectivity index (χ3v) is 2.41. The number of halogens is 1. The summed E-state index contributed by atoms with van der Waals surface area (Å²) >= 11 is 4.56. The monoisotopic (exact) mass is 241 g/mol. The molecule has 0 spiro atoms. The Hall–Kier alpha value is -0.810. The molecule has 0 saturated heterocycles. The van der Waals surface area contributed by atoms with Gasteiger partial charge in [-0.05, 0) is 39.6 Å². The highest BCUT2D eigenvalue weighted by atomic mass is 79.9. The van der Waals surface area contributed by atoms with Crippen molar-refractivity contribution in [2.45, 2.75) is 0 Å². The van der Waals surface area contributed by atoms with Gasteiger partial charge >= 0.3 is 0 Å². The van der Waals surface area contributed by atoms with Gasteiger partial charge in [0.15, 0.2) is 9.74 Å². The van der Waals surface area contributed by atoms with Crippen molar-refractivity contribution in [3.63, 3.8) is 0 Å². The molecule has 12 heavy (non-hydrogen) atoms. The summed E-state index contributed by atoms with van der Waals surface area (Å²) in [5.41, 5.74) is 0.805. The third kappa shape index (κ3) is 1.51. The highest BCUT2D eigenvalue weighted by Gasteiger charge is 2.03. The zero-order valence-corrected chi connectivity index (χ0v) is 8.34. The third-order valence-electron chi connectivity index (χ3n) is 1.30. The van der Waals surface area contributed by atoms with Gasteiger partial charge in [0.25, 0.3) is 0 Å². The fraction of sp³-hybridized carbons (Fsp3) is 0. The summed E-state index contributed by atoms with van der Waals surface area (Å²) in [6, 6.07) is 5.66. The molecule has 0 atom stereocenters. The number of hydrogen-bond donors (Lipinski definition) is 0. The molecule has 0 bridgehead atoms. The van der Waals surface area contributed by atoms with Crippen LogP contribution in [-0.4, -0.2) is 14.3 Å². The summed E-state index contributed by atoms with van der Waals surface area (Å²) in [7, 11) is 0. The SMILES string of the molecule is Brc1nc(-c2ccccn2)ns1. The molecule has 60 valence electrons. The molecule has 0 aliphatic carbocycles. The van der Waals surface area contributed by atoms with Crippen molar-refractivity contribution < 1.29 is 0 Å². The second-order valence-corrected chi connectivity index (χ2v) is 4.11. The van der Waals surface area contributed by atoms with Crippen molar-refractivity contribution in [1.29, 1.82) is 0 Å². The van der Waals surface area contributed by atoms with E-state index < -0.39 is 0 Å². The molecule has 0 N–H and O–H groups in total. The van der Waals surface area contributed by atoms with Crippen LogP contribution in [0.3, 0.4) is 0 Å². The molecule has 0 aromatic carbocycles. The van der Waals surface area contributed by atoms with Crippen LogP contribution in [0.2, 0.25) is 0 Å². The minimum atomic E-state index is 0.674. The van der Waals surface area contributed by atoms with E-state index in [1.807, 2.05) is 18.2 Å². The number of rotatable bonds is 1. The lowest BCUT2D eigenvalue weighted by atomic mass is 10.3. The van der Waals surface area contributed by atoms with Gasteiger partial charge in [-0.1, -0.05) is 6.07 Å². The summed E-state index contributed by atoms with van der Waals surface area (Å²) in [6.07, 6.45) is 1.73. The molecule has 3 nitrogen and oxygen atoms in total. The molecule has 0 fully saturated rings. The van der Waals surface area contributed by atoms with Crippen LogP contribution >= 0.6 is 27.5 Å². The van der Waals surface area contributed by atoms with Crippen molar-refractivity contribution in [1.82, 2.24) is 14.3 Å². The summed E-state index contributed by atoms with van der Waals surface area (Å²) < 4.78 is 4.89. The van der Waals surface area contributed by atoms with Crippen molar-refractivity contribution in [2.75, 3.05) is 0 Å². The molecular formula is C7H4BrN3S. The van der Waals surface area contributed by atoms with E-state index >= 15 is 0 Å². The largest absolute Gasteiger partial charge is 0.253 e. The first-order chi connectivity index (χ1) is 5.86. The number of pyridine rings is 1. The van der Waals surface area contributed by atoms with Gasteiger partial charge in [-0.15, -0.1) is 0 Å². The minimum Gasteiger partial charge on any atom is -0.253 e. The fourth-order valence-electron chi connectivity index (χ4n) is 0.804. The Balaban J connectivity index is 2.45. The lowest BCUT2D eigenvalue weighted by Gasteiger charge is -1.89. The molecular weight excluding hydrogens is 238 g/mol. The van der Waals surface area contributed by atoms with Gasteiger partial charge in [0.1, 0.15) is 5.69 Å². The van der Waals surface area contributed by atoms with Gasteiger partial charge in [-0.2, -0.15) is 4.37 Å². The number of hydrogen-bond acceptors (Lipinski definition) is 4. The Labute approximate surface area is 81.8 Å². The predicted molar refractivity (Wildman–Crippen MR) is 50.8 cm³/mol. The second-order valence-electron chi connectivity index (χ2n) is 2.09. The summed E-state index contributed by atoms with van der Waals surface area (Å²) in [6.45, 7) is 0. The van der Waals surface area contributed by atoms with Gasteiger partial charge in [-0.3, -0.25) is 4.98 Å². The standard InChI is InChI=1S/C7H4BrN3S/c8-7-10-6(11-12-7)5-3-1-2-4-9-5/h1-4H. The molecule has 0 aliphatic heterocycles. The Morgan fingerprint density at radius 1 is 1.33 bits per heavy atom. The van der Waals surface area contributed by atoms with Crippen LogP contribution in [0.1, 0.15) is 0 Å². The minimum absolute atomic E-state index is 0.674. The molecule has 2 aromatic rings. The number of aromatic nitrogens is 3. The maximum absolute atomic E-state index is 4.14. The Kier molecular flexibility index (Phi) is 2.14. The van der Waals surface area contributed by atoms with Gasteiger partial charge < -0.3 is 0 Å². The van der Waals surface area contributed by atoms with Crippen LogP contribution in [0.25, 0.3) is 11.5 Å². The molecule has 0 aliphatic rings. The lowest BCUT2D eigenvalue weighted by molar-refractivity contribution is 1.22. The van der Waals surface area contributed by atoms with Crippen LogP contribution < -0.4 is 0 Å². The van der Waals surface area contributed by atoms with E-state index in [9.17, 15) is 0 Å². The van der Waals surface area contributed by atoms with Crippen molar-refractivity contribution in [3.05, 3.63) is 28.3 Å². The Morgan fingerprint density at radius 3 is 2.83 bits per heavy atom. The predicted octanol–water partition coefficient (Wildman–Crippen LogP) is 2.36. The van der Waals surface area contributed by atoms with Crippen molar-refractivity contribution in [2.24, 2.45) is 0 Å². The summed E-state index contributed by atoms with van der Waals surface area (Å²) in [5, 5.41) is 0. The summed E-state index contributed by atoms with van der Waals surface area (Å²) in [5.74, 6) is 0.674. The average Bonchev–Trinajstić information content (AvgIpc) is 2.54. The first-order valence-electron chi connectivity index (χ1n) is 3.27. The zero-order valence-electron chi connectivity index (χ0n) is 5.94. The summed E-state index contributed by atoms with van der Waals surface area (Å²) in [4.78, 5) is 8.27. The Morgan fingerprint density at radius 2 is 2.25 bits per heavy atom. The fourth-order valence-corrected chi connectivity index (χ4v) is 1.61. The van der Waals surface area contributed by atoms with Gasteiger partial charge in [0, 0.05) is 6.20 Å². The lowest BCUT2D eigenvalue weighted by Crippen LogP contribution is -1.82.